The third-order valence-electron chi connectivity index (χ3n) is 3.17. The summed E-state index contributed by atoms with van der Waals surface area (Å²) in [6.45, 7) is 0.731. The second-order valence-corrected chi connectivity index (χ2v) is 5.90. The number of hydrogen-bond acceptors (Lipinski definition) is 5. The van der Waals surface area contributed by atoms with Gasteiger partial charge in [0.15, 0.2) is 0 Å². The van der Waals surface area contributed by atoms with Crippen LogP contribution in [-0.2, 0) is 22.5 Å². The second kappa shape index (κ2) is 5.97. The van der Waals surface area contributed by atoms with Crippen LogP contribution >= 0.6 is 11.3 Å². The normalized spacial score (nSPS) is 10.7. The third-order valence-corrected chi connectivity index (χ3v) is 4.26. The van der Waals surface area contributed by atoms with Crippen molar-refractivity contribution in [3.63, 3.8) is 0 Å². The van der Waals surface area contributed by atoms with Gasteiger partial charge in [0.25, 0.3) is 0 Å². The number of fused-ring (bicyclic) bond motifs is 1. The number of nitrogens with zero attached hydrogens (tertiary/aromatic N) is 1. The van der Waals surface area contributed by atoms with E-state index >= 15 is 0 Å². The Balaban J connectivity index is 1.63. The number of thiophene rings is 1. The number of aromatic nitrogens is 2. The van der Waals surface area contributed by atoms with Gasteiger partial charge in [-0.25, -0.2) is 0 Å². The summed E-state index contributed by atoms with van der Waals surface area (Å²) in [6.07, 6.45) is 2.14. The van der Waals surface area contributed by atoms with Gasteiger partial charge in [-0.2, -0.15) is 5.10 Å². The Kier molecular flexibility index (Phi) is 3.87. The number of hydrogen-bond donors (Lipinski definition) is 2. The van der Waals surface area contributed by atoms with E-state index < -0.39 is 0 Å². The Hall–Kier alpha value is -2.34. The minimum absolute atomic E-state index is 0.207. The van der Waals surface area contributed by atoms with Gasteiger partial charge in [-0.15, -0.1) is 11.3 Å². The van der Waals surface area contributed by atoms with Crippen molar-refractivity contribution in [3.8, 4) is 0 Å². The lowest BCUT2D eigenvalue weighted by Gasteiger charge is -2.04. The SMILES string of the molecule is COC(=O)Cc1ccc(CNc2ccc3[nH]ncc3c2)s1. The first kappa shape index (κ1) is 13.6. The van der Waals surface area contributed by atoms with Gasteiger partial charge in [0, 0.05) is 27.4 Å². The molecule has 3 rings (SSSR count). The van der Waals surface area contributed by atoms with Crippen molar-refractivity contribution in [3.05, 3.63) is 46.3 Å². The topological polar surface area (TPSA) is 67.0 Å². The standard InChI is InChI=1S/C15H15N3O2S/c1-20-15(19)7-12-3-4-13(21-12)9-16-11-2-5-14-10(6-11)8-17-18-14/h2-6,8,16H,7,9H2,1H3,(H,17,18). The zero-order valence-electron chi connectivity index (χ0n) is 11.6. The number of carbonyl (C=O) groups is 1. The Bertz CT molecular complexity index is 763. The average Bonchev–Trinajstić information content (AvgIpc) is 3.13. The van der Waals surface area contributed by atoms with Gasteiger partial charge in [0.05, 0.1) is 25.2 Å². The number of nitrogens with one attached hydrogen (secondary N) is 2. The summed E-state index contributed by atoms with van der Waals surface area (Å²) in [6, 6.07) is 10.1. The van der Waals surface area contributed by atoms with Crippen LogP contribution in [0.15, 0.2) is 36.5 Å². The Morgan fingerprint density at radius 2 is 2.19 bits per heavy atom. The predicted octanol–water partition coefficient (Wildman–Crippen LogP) is 2.95. The van der Waals surface area contributed by atoms with E-state index in [9.17, 15) is 4.79 Å². The van der Waals surface area contributed by atoms with Crippen LogP contribution in [0.4, 0.5) is 5.69 Å². The second-order valence-electron chi connectivity index (χ2n) is 4.65. The van der Waals surface area contributed by atoms with E-state index in [2.05, 4.69) is 26.3 Å². The van der Waals surface area contributed by atoms with Gasteiger partial charge < -0.3 is 10.1 Å². The smallest absolute Gasteiger partial charge is 0.310 e. The highest BCUT2D eigenvalue weighted by Crippen LogP contribution is 2.21. The maximum absolute atomic E-state index is 11.2. The summed E-state index contributed by atoms with van der Waals surface area (Å²) in [5, 5.41) is 11.4. The molecule has 0 fully saturated rings. The fraction of sp³-hybridized carbons (Fsp3) is 0.200. The zero-order valence-corrected chi connectivity index (χ0v) is 12.4. The highest BCUT2D eigenvalue weighted by atomic mass is 32.1. The quantitative estimate of drug-likeness (QED) is 0.711. The molecule has 0 aliphatic rings. The lowest BCUT2D eigenvalue weighted by molar-refractivity contribution is -0.139. The number of ether oxygens (including phenoxy) is 1. The highest BCUT2D eigenvalue weighted by Gasteiger charge is 2.06. The monoisotopic (exact) mass is 301 g/mol. The molecule has 5 nitrogen and oxygen atoms in total. The third kappa shape index (κ3) is 3.22. The van der Waals surface area contributed by atoms with Crippen molar-refractivity contribution < 1.29 is 9.53 Å². The van der Waals surface area contributed by atoms with Gasteiger partial charge >= 0.3 is 5.97 Å². The fourth-order valence-corrected chi connectivity index (χ4v) is 3.01. The summed E-state index contributed by atoms with van der Waals surface area (Å²) in [7, 11) is 1.41. The van der Waals surface area contributed by atoms with Crippen molar-refractivity contribution >= 4 is 33.9 Å². The first-order chi connectivity index (χ1) is 10.2. The summed E-state index contributed by atoms with van der Waals surface area (Å²) in [5.74, 6) is -0.207. The van der Waals surface area contributed by atoms with Gasteiger partial charge in [0.1, 0.15) is 0 Å². The minimum atomic E-state index is -0.207. The van der Waals surface area contributed by atoms with E-state index in [1.807, 2.05) is 24.3 Å². The van der Waals surface area contributed by atoms with Crippen LogP contribution in [0.1, 0.15) is 9.75 Å². The van der Waals surface area contributed by atoms with E-state index in [1.54, 1.807) is 17.5 Å². The van der Waals surface area contributed by atoms with E-state index in [4.69, 9.17) is 0 Å². The molecule has 2 N–H and O–H groups in total. The Labute approximate surface area is 125 Å². The van der Waals surface area contributed by atoms with Crippen molar-refractivity contribution in [1.29, 1.82) is 0 Å². The molecule has 21 heavy (non-hydrogen) atoms. The molecule has 108 valence electrons. The van der Waals surface area contributed by atoms with Gasteiger partial charge in [0.2, 0.25) is 0 Å². The van der Waals surface area contributed by atoms with Crippen LogP contribution in [-0.4, -0.2) is 23.3 Å². The first-order valence-electron chi connectivity index (χ1n) is 6.56. The summed E-state index contributed by atoms with van der Waals surface area (Å²) >= 11 is 1.62. The van der Waals surface area contributed by atoms with Crippen molar-refractivity contribution in [2.75, 3.05) is 12.4 Å². The molecule has 3 aromatic rings. The lowest BCUT2D eigenvalue weighted by atomic mass is 10.2. The molecule has 0 bridgehead atoms. The molecular formula is C15H15N3O2S. The van der Waals surface area contributed by atoms with E-state index in [1.165, 1.54) is 12.0 Å². The summed E-state index contributed by atoms with van der Waals surface area (Å²) < 4.78 is 4.67. The van der Waals surface area contributed by atoms with Crippen LogP contribution < -0.4 is 5.32 Å². The first-order valence-corrected chi connectivity index (χ1v) is 7.37. The number of aromatic amines is 1. The maximum Gasteiger partial charge on any atom is 0.310 e. The molecule has 1 aromatic carbocycles. The van der Waals surface area contributed by atoms with Gasteiger partial charge in [-0.3, -0.25) is 9.89 Å². The van der Waals surface area contributed by atoms with Gasteiger partial charge in [-0.05, 0) is 30.3 Å². The Morgan fingerprint density at radius 3 is 3.05 bits per heavy atom. The molecule has 0 radical (unpaired) electrons. The van der Waals surface area contributed by atoms with E-state index in [0.717, 1.165) is 28.0 Å². The van der Waals surface area contributed by atoms with E-state index in [-0.39, 0.29) is 5.97 Å². The van der Waals surface area contributed by atoms with Crippen LogP contribution in [0.25, 0.3) is 10.9 Å². The molecule has 0 aliphatic carbocycles. The summed E-state index contributed by atoms with van der Waals surface area (Å²) in [4.78, 5) is 13.4. The van der Waals surface area contributed by atoms with Crippen molar-refractivity contribution in [2.24, 2.45) is 0 Å². The molecule has 0 spiro atoms. The molecule has 2 aromatic heterocycles. The van der Waals surface area contributed by atoms with Crippen molar-refractivity contribution in [2.45, 2.75) is 13.0 Å². The van der Waals surface area contributed by atoms with Crippen LogP contribution in [0.3, 0.4) is 0 Å². The lowest BCUT2D eigenvalue weighted by Crippen LogP contribution is -2.02. The predicted molar refractivity (Wildman–Crippen MR) is 83.5 cm³/mol. The number of rotatable bonds is 5. The molecule has 0 saturated heterocycles. The van der Waals surface area contributed by atoms with Gasteiger partial charge in [-0.1, -0.05) is 0 Å². The number of benzene rings is 1. The van der Waals surface area contributed by atoms with E-state index in [0.29, 0.717) is 6.42 Å². The number of anilines is 1. The Morgan fingerprint density at radius 1 is 1.33 bits per heavy atom. The molecule has 2 heterocycles. The molecule has 6 heteroatoms. The zero-order chi connectivity index (χ0) is 14.7. The number of esters is 1. The fourth-order valence-electron chi connectivity index (χ4n) is 2.07. The van der Waals surface area contributed by atoms with Crippen LogP contribution in [0, 0.1) is 0 Å². The number of carbonyl (C=O) groups excluding carboxylic acids is 1. The number of H-pyrrole nitrogens is 1. The maximum atomic E-state index is 11.2. The van der Waals surface area contributed by atoms with Crippen LogP contribution in [0.2, 0.25) is 0 Å². The molecule has 0 amide bonds. The average molecular weight is 301 g/mol. The van der Waals surface area contributed by atoms with Crippen LogP contribution in [0.5, 0.6) is 0 Å². The molecule has 0 aliphatic heterocycles. The largest absolute Gasteiger partial charge is 0.469 e. The summed E-state index contributed by atoms with van der Waals surface area (Å²) in [5.41, 5.74) is 2.07. The highest BCUT2D eigenvalue weighted by molar-refractivity contribution is 7.12. The molecule has 0 atom stereocenters. The van der Waals surface area contributed by atoms with Crippen molar-refractivity contribution in [1.82, 2.24) is 10.2 Å². The molecular weight excluding hydrogens is 286 g/mol. The number of methoxy groups -OCH3 is 1. The molecule has 0 unspecified atom stereocenters. The minimum Gasteiger partial charge on any atom is -0.469 e. The molecule has 0 saturated carbocycles.